The highest BCUT2D eigenvalue weighted by Gasteiger charge is 2.24. The molecule has 0 aliphatic carbocycles. The first-order valence-corrected chi connectivity index (χ1v) is 8.35. The zero-order valence-electron chi connectivity index (χ0n) is 10.4. The third-order valence-electron chi connectivity index (χ3n) is 3.25. The molecule has 3 nitrogen and oxygen atoms in total. The van der Waals surface area contributed by atoms with Gasteiger partial charge in [-0.2, -0.15) is 0 Å². The summed E-state index contributed by atoms with van der Waals surface area (Å²) in [4.78, 5) is 0. The predicted molar refractivity (Wildman–Crippen MR) is 74.7 cm³/mol. The van der Waals surface area contributed by atoms with Crippen LogP contribution in [0.1, 0.15) is 24.0 Å². The van der Waals surface area contributed by atoms with Crippen molar-refractivity contribution in [3.63, 3.8) is 0 Å². The molecule has 0 bridgehead atoms. The van der Waals surface area contributed by atoms with Gasteiger partial charge >= 0.3 is 0 Å². The van der Waals surface area contributed by atoms with Gasteiger partial charge in [-0.1, -0.05) is 23.7 Å². The van der Waals surface area contributed by atoms with Crippen LogP contribution in [0.15, 0.2) is 18.2 Å². The van der Waals surface area contributed by atoms with Crippen molar-refractivity contribution < 1.29 is 8.42 Å². The van der Waals surface area contributed by atoms with E-state index in [4.69, 9.17) is 11.6 Å². The Hall–Kier alpha value is -0.580. The smallest absolute Gasteiger partial charge is 0.151 e. The number of nitrogens with one attached hydrogen (secondary N) is 1. The molecule has 1 aliphatic rings. The molecule has 1 aromatic carbocycles. The molecule has 1 aliphatic heterocycles. The van der Waals surface area contributed by atoms with E-state index in [-0.39, 0.29) is 11.8 Å². The predicted octanol–water partition coefficient (Wildman–Crippen LogP) is 2.32. The monoisotopic (exact) mass is 287 g/mol. The van der Waals surface area contributed by atoms with Gasteiger partial charge in [0.05, 0.1) is 11.5 Å². The Balaban J connectivity index is 1.95. The highest BCUT2D eigenvalue weighted by Crippen LogP contribution is 2.18. The van der Waals surface area contributed by atoms with Gasteiger partial charge in [0.15, 0.2) is 9.84 Å². The van der Waals surface area contributed by atoms with Crippen molar-refractivity contribution in [1.82, 2.24) is 5.32 Å². The molecule has 1 N–H and O–H groups in total. The topological polar surface area (TPSA) is 46.2 Å². The summed E-state index contributed by atoms with van der Waals surface area (Å²) >= 11 is 6.14. The minimum Gasteiger partial charge on any atom is -0.309 e. The molecular formula is C13H18ClNO2S. The number of hydrogen-bond donors (Lipinski definition) is 1. The summed E-state index contributed by atoms with van der Waals surface area (Å²) in [7, 11) is -2.85. The quantitative estimate of drug-likeness (QED) is 0.928. The maximum atomic E-state index is 11.5. The van der Waals surface area contributed by atoms with E-state index in [2.05, 4.69) is 5.32 Å². The van der Waals surface area contributed by atoms with Crippen molar-refractivity contribution in [2.45, 2.75) is 32.4 Å². The molecule has 2 rings (SSSR count). The Bertz CT molecular complexity index is 528. The number of benzene rings is 1. The van der Waals surface area contributed by atoms with E-state index in [1.54, 1.807) is 0 Å². The zero-order chi connectivity index (χ0) is 13.2. The Labute approximate surface area is 113 Å². The van der Waals surface area contributed by atoms with E-state index in [0.717, 1.165) is 29.0 Å². The molecule has 1 aromatic rings. The number of sulfone groups is 1. The van der Waals surface area contributed by atoms with Crippen molar-refractivity contribution >= 4 is 21.4 Å². The van der Waals surface area contributed by atoms with Crippen molar-refractivity contribution in [2.24, 2.45) is 0 Å². The molecule has 100 valence electrons. The number of aryl methyl sites for hydroxylation is 1. The molecule has 1 fully saturated rings. The van der Waals surface area contributed by atoms with E-state index >= 15 is 0 Å². The van der Waals surface area contributed by atoms with E-state index in [1.165, 1.54) is 0 Å². The van der Waals surface area contributed by atoms with Gasteiger partial charge in [0.2, 0.25) is 0 Å². The molecule has 5 heteroatoms. The summed E-state index contributed by atoms with van der Waals surface area (Å²) in [6.07, 6.45) is 1.67. The molecule has 1 saturated heterocycles. The molecule has 0 amide bonds. The molecule has 0 radical (unpaired) electrons. The van der Waals surface area contributed by atoms with Crippen LogP contribution in [0.2, 0.25) is 5.02 Å². The largest absolute Gasteiger partial charge is 0.309 e. The van der Waals surface area contributed by atoms with Gasteiger partial charge in [0.25, 0.3) is 0 Å². The molecule has 1 heterocycles. The summed E-state index contributed by atoms with van der Waals surface area (Å²) < 4.78 is 23.0. The Morgan fingerprint density at radius 2 is 2.22 bits per heavy atom. The maximum absolute atomic E-state index is 11.5. The first-order chi connectivity index (χ1) is 8.46. The summed E-state index contributed by atoms with van der Waals surface area (Å²) in [6, 6.07) is 5.99. The number of hydrogen-bond acceptors (Lipinski definition) is 3. The SMILES string of the molecule is Cc1ccc(CNC2CCCS(=O)(=O)C2)c(Cl)c1. The van der Waals surface area contributed by atoms with Crippen LogP contribution in [0.4, 0.5) is 0 Å². The third kappa shape index (κ3) is 3.70. The summed E-state index contributed by atoms with van der Waals surface area (Å²) in [5, 5.41) is 4.03. The third-order valence-corrected chi connectivity index (χ3v) is 5.43. The lowest BCUT2D eigenvalue weighted by Gasteiger charge is -2.23. The Kier molecular flexibility index (Phi) is 4.30. The summed E-state index contributed by atoms with van der Waals surface area (Å²) in [6.45, 7) is 2.62. The fourth-order valence-corrected chi connectivity index (χ4v) is 4.21. The van der Waals surface area contributed by atoms with E-state index in [9.17, 15) is 8.42 Å². The van der Waals surface area contributed by atoms with Crippen LogP contribution < -0.4 is 5.32 Å². The zero-order valence-corrected chi connectivity index (χ0v) is 12.0. The highest BCUT2D eigenvalue weighted by molar-refractivity contribution is 7.91. The first kappa shape index (κ1) is 13.8. The average Bonchev–Trinajstić information content (AvgIpc) is 2.26. The highest BCUT2D eigenvalue weighted by atomic mass is 35.5. The molecule has 0 saturated carbocycles. The van der Waals surface area contributed by atoms with Crippen LogP contribution in [-0.4, -0.2) is 26.0 Å². The fraction of sp³-hybridized carbons (Fsp3) is 0.538. The second-order valence-electron chi connectivity index (χ2n) is 4.93. The fourth-order valence-electron chi connectivity index (χ4n) is 2.23. The lowest BCUT2D eigenvalue weighted by atomic mass is 10.1. The van der Waals surface area contributed by atoms with Gasteiger partial charge in [-0.3, -0.25) is 0 Å². The average molecular weight is 288 g/mol. The van der Waals surface area contributed by atoms with Crippen LogP contribution >= 0.6 is 11.6 Å². The maximum Gasteiger partial charge on any atom is 0.151 e. The van der Waals surface area contributed by atoms with Crippen LogP contribution in [0.5, 0.6) is 0 Å². The second kappa shape index (κ2) is 5.59. The van der Waals surface area contributed by atoms with Crippen LogP contribution in [0, 0.1) is 6.92 Å². The standard InChI is InChI=1S/C13H18ClNO2S/c1-10-4-5-11(13(14)7-10)8-15-12-3-2-6-18(16,17)9-12/h4-5,7,12,15H,2-3,6,8-9H2,1H3. The van der Waals surface area contributed by atoms with Gasteiger partial charge in [0, 0.05) is 17.6 Å². The minimum atomic E-state index is -2.85. The van der Waals surface area contributed by atoms with Crippen molar-refractivity contribution in [1.29, 1.82) is 0 Å². The van der Waals surface area contributed by atoms with Gasteiger partial charge in [-0.25, -0.2) is 8.42 Å². The molecule has 0 spiro atoms. The van der Waals surface area contributed by atoms with Crippen LogP contribution in [-0.2, 0) is 16.4 Å². The van der Waals surface area contributed by atoms with Crippen LogP contribution in [0.3, 0.4) is 0 Å². The Morgan fingerprint density at radius 3 is 2.89 bits per heavy atom. The van der Waals surface area contributed by atoms with Gasteiger partial charge < -0.3 is 5.32 Å². The minimum absolute atomic E-state index is 0.0566. The molecule has 0 aromatic heterocycles. The van der Waals surface area contributed by atoms with Crippen molar-refractivity contribution in [2.75, 3.05) is 11.5 Å². The van der Waals surface area contributed by atoms with Gasteiger partial charge in [0.1, 0.15) is 0 Å². The summed E-state index contributed by atoms with van der Waals surface area (Å²) in [5.74, 6) is 0.576. The second-order valence-corrected chi connectivity index (χ2v) is 7.57. The number of rotatable bonds is 3. The normalized spacial score (nSPS) is 22.9. The Morgan fingerprint density at radius 1 is 1.44 bits per heavy atom. The molecule has 18 heavy (non-hydrogen) atoms. The number of halogens is 1. The van der Waals surface area contributed by atoms with Gasteiger partial charge in [-0.05, 0) is 37.0 Å². The first-order valence-electron chi connectivity index (χ1n) is 6.15. The van der Waals surface area contributed by atoms with Crippen LogP contribution in [0.25, 0.3) is 0 Å². The van der Waals surface area contributed by atoms with Crippen molar-refractivity contribution in [3.05, 3.63) is 34.3 Å². The van der Waals surface area contributed by atoms with E-state index < -0.39 is 9.84 Å². The van der Waals surface area contributed by atoms with E-state index in [1.807, 2.05) is 25.1 Å². The molecular weight excluding hydrogens is 270 g/mol. The molecule has 1 unspecified atom stereocenters. The van der Waals surface area contributed by atoms with Crippen molar-refractivity contribution in [3.8, 4) is 0 Å². The van der Waals surface area contributed by atoms with E-state index in [0.29, 0.717) is 12.3 Å². The van der Waals surface area contributed by atoms with Gasteiger partial charge in [-0.15, -0.1) is 0 Å². The lowest BCUT2D eigenvalue weighted by molar-refractivity contribution is 0.480. The summed E-state index contributed by atoms with van der Waals surface area (Å²) in [5.41, 5.74) is 2.15. The molecule has 1 atom stereocenters. The lowest BCUT2D eigenvalue weighted by Crippen LogP contribution is -2.39.